The summed E-state index contributed by atoms with van der Waals surface area (Å²) >= 11 is 0. The number of benzene rings is 2. The quantitative estimate of drug-likeness (QED) is 0.822. The van der Waals surface area contributed by atoms with Gasteiger partial charge in [0.1, 0.15) is 0 Å². The average Bonchev–Trinajstić information content (AvgIpc) is 2.96. The molecule has 2 amide bonds. The SMILES string of the molecule is Cc1cccc(NC(=O)CCC(=O)c2ccc3c(c2)CC(=O)N3)c1C. The molecule has 0 bridgehead atoms. The van der Waals surface area contributed by atoms with Gasteiger partial charge in [-0.2, -0.15) is 0 Å². The van der Waals surface area contributed by atoms with Gasteiger partial charge in [0.15, 0.2) is 5.78 Å². The van der Waals surface area contributed by atoms with E-state index in [9.17, 15) is 14.4 Å². The van der Waals surface area contributed by atoms with Gasteiger partial charge in [-0.05, 0) is 54.8 Å². The van der Waals surface area contributed by atoms with Gasteiger partial charge in [0, 0.05) is 29.8 Å². The fourth-order valence-corrected chi connectivity index (χ4v) is 2.87. The van der Waals surface area contributed by atoms with Crippen LogP contribution in [0.2, 0.25) is 0 Å². The van der Waals surface area contributed by atoms with E-state index in [2.05, 4.69) is 10.6 Å². The van der Waals surface area contributed by atoms with E-state index in [0.717, 1.165) is 28.1 Å². The number of anilines is 2. The maximum absolute atomic E-state index is 12.3. The highest BCUT2D eigenvalue weighted by Gasteiger charge is 2.19. The van der Waals surface area contributed by atoms with Gasteiger partial charge in [0.25, 0.3) is 0 Å². The molecule has 0 atom stereocenters. The molecule has 2 aromatic rings. The molecule has 5 heteroatoms. The standard InChI is InChI=1S/C20H20N2O3/c1-12-4-3-5-16(13(12)2)21-19(24)9-8-18(23)14-6-7-17-15(10-14)11-20(25)22-17/h3-7,10H,8-9,11H2,1-2H3,(H,21,24)(H,22,25). The fourth-order valence-electron chi connectivity index (χ4n) is 2.87. The molecule has 0 saturated heterocycles. The molecular weight excluding hydrogens is 316 g/mol. The lowest BCUT2D eigenvalue weighted by Crippen LogP contribution is -2.14. The van der Waals surface area contributed by atoms with Crippen LogP contribution in [0.5, 0.6) is 0 Å². The summed E-state index contributed by atoms with van der Waals surface area (Å²) < 4.78 is 0. The van der Waals surface area contributed by atoms with E-state index in [-0.39, 0.29) is 30.4 Å². The topological polar surface area (TPSA) is 75.3 Å². The Kier molecular flexibility index (Phi) is 4.65. The molecule has 0 aliphatic carbocycles. The summed E-state index contributed by atoms with van der Waals surface area (Å²) in [6.07, 6.45) is 0.556. The number of rotatable bonds is 5. The highest BCUT2D eigenvalue weighted by Crippen LogP contribution is 2.24. The molecule has 0 unspecified atom stereocenters. The molecule has 2 aromatic carbocycles. The van der Waals surface area contributed by atoms with Gasteiger partial charge in [-0.3, -0.25) is 14.4 Å². The van der Waals surface area contributed by atoms with Crippen LogP contribution in [-0.2, 0) is 16.0 Å². The number of Topliss-reactive ketones (excluding diaryl/α,β-unsaturated/α-hetero) is 1. The summed E-state index contributed by atoms with van der Waals surface area (Å²) in [6.45, 7) is 3.94. The first-order valence-electron chi connectivity index (χ1n) is 8.26. The molecule has 0 radical (unpaired) electrons. The smallest absolute Gasteiger partial charge is 0.228 e. The Bertz CT molecular complexity index is 871. The van der Waals surface area contributed by atoms with Crippen molar-refractivity contribution in [2.24, 2.45) is 0 Å². The summed E-state index contributed by atoms with van der Waals surface area (Å²) in [5, 5.41) is 5.60. The second-order valence-electron chi connectivity index (χ2n) is 6.32. The van der Waals surface area contributed by atoms with Crippen LogP contribution in [0.25, 0.3) is 0 Å². The number of amides is 2. The lowest BCUT2D eigenvalue weighted by atomic mass is 10.0. The highest BCUT2D eigenvalue weighted by atomic mass is 16.2. The second-order valence-corrected chi connectivity index (χ2v) is 6.32. The normalized spacial score (nSPS) is 12.5. The van der Waals surface area contributed by atoms with Crippen LogP contribution in [-0.4, -0.2) is 17.6 Å². The number of hydrogen-bond donors (Lipinski definition) is 2. The van der Waals surface area contributed by atoms with Gasteiger partial charge in [0.2, 0.25) is 11.8 Å². The monoisotopic (exact) mass is 336 g/mol. The molecule has 0 aromatic heterocycles. The van der Waals surface area contributed by atoms with Gasteiger partial charge in [-0.15, -0.1) is 0 Å². The number of carbonyl (C=O) groups excluding carboxylic acids is 3. The highest BCUT2D eigenvalue weighted by molar-refractivity contribution is 6.03. The molecule has 0 spiro atoms. The lowest BCUT2D eigenvalue weighted by Gasteiger charge is -2.10. The van der Waals surface area contributed by atoms with E-state index in [1.165, 1.54) is 0 Å². The largest absolute Gasteiger partial charge is 0.326 e. The average molecular weight is 336 g/mol. The van der Waals surface area contributed by atoms with Crippen LogP contribution in [0.1, 0.15) is 39.9 Å². The minimum Gasteiger partial charge on any atom is -0.326 e. The van der Waals surface area contributed by atoms with Gasteiger partial charge in [0.05, 0.1) is 6.42 Å². The van der Waals surface area contributed by atoms with E-state index >= 15 is 0 Å². The molecule has 0 fully saturated rings. The van der Waals surface area contributed by atoms with Gasteiger partial charge in [-0.1, -0.05) is 12.1 Å². The Morgan fingerprint density at radius 2 is 1.92 bits per heavy atom. The Morgan fingerprint density at radius 1 is 1.12 bits per heavy atom. The molecule has 3 rings (SSSR count). The number of aryl methyl sites for hydroxylation is 1. The fraction of sp³-hybridized carbons (Fsp3) is 0.250. The summed E-state index contributed by atoms with van der Waals surface area (Å²) in [4.78, 5) is 35.8. The van der Waals surface area contributed by atoms with Crippen molar-refractivity contribution < 1.29 is 14.4 Å². The minimum absolute atomic E-state index is 0.0625. The first kappa shape index (κ1) is 16.9. The zero-order chi connectivity index (χ0) is 18.0. The molecule has 1 aliphatic heterocycles. The van der Waals surface area contributed by atoms with Crippen molar-refractivity contribution in [2.45, 2.75) is 33.1 Å². The first-order chi connectivity index (χ1) is 11.9. The zero-order valence-electron chi connectivity index (χ0n) is 14.3. The third-order valence-corrected chi connectivity index (χ3v) is 4.51. The first-order valence-corrected chi connectivity index (χ1v) is 8.26. The van der Waals surface area contributed by atoms with Crippen molar-refractivity contribution in [3.05, 3.63) is 58.7 Å². The molecule has 2 N–H and O–H groups in total. The van der Waals surface area contributed by atoms with Gasteiger partial charge < -0.3 is 10.6 Å². The van der Waals surface area contributed by atoms with Gasteiger partial charge in [-0.25, -0.2) is 0 Å². The van der Waals surface area contributed by atoms with Crippen LogP contribution in [0.15, 0.2) is 36.4 Å². The maximum atomic E-state index is 12.3. The number of hydrogen-bond acceptors (Lipinski definition) is 3. The molecule has 1 aliphatic rings. The Morgan fingerprint density at radius 3 is 2.72 bits per heavy atom. The minimum atomic E-state index is -0.181. The Hall–Kier alpha value is -2.95. The molecule has 5 nitrogen and oxygen atoms in total. The number of fused-ring (bicyclic) bond motifs is 1. The third kappa shape index (κ3) is 3.76. The number of carbonyl (C=O) groups is 3. The molecule has 128 valence electrons. The van der Waals surface area contributed by atoms with E-state index in [0.29, 0.717) is 12.0 Å². The summed E-state index contributed by atoms with van der Waals surface area (Å²) in [6, 6.07) is 10.9. The van der Waals surface area contributed by atoms with Crippen molar-refractivity contribution in [3.63, 3.8) is 0 Å². The van der Waals surface area contributed by atoms with E-state index in [1.807, 2.05) is 32.0 Å². The Labute approximate surface area is 146 Å². The van der Waals surface area contributed by atoms with Crippen molar-refractivity contribution in [2.75, 3.05) is 10.6 Å². The molecule has 1 heterocycles. The van der Waals surface area contributed by atoms with Crippen LogP contribution in [0.3, 0.4) is 0 Å². The Balaban J connectivity index is 1.59. The van der Waals surface area contributed by atoms with Crippen LogP contribution < -0.4 is 10.6 Å². The maximum Gasteiger partial charge on any atom is 0.228 e. The predicted octanol–water partition coefficient (Wildman–Crippen LogP) is 3.40. The van der Waals surface area contributed by atoms with Crippen LogP contribution >= 0.6 is 0 Å². The van der Waals surface area contributed by atoms with Crippen molar-refractivity contribution in [1.29, 1.82) is 0 Å². The number of ketones is 1. The van der Waals surface area contributed by atoms with Crippen LogP contribution in [0, 0.1) is 13.8 Å². The van der Waals surface area contributed by atoms with Crippen LogP contribution in [0.4, 0.5) is 11.4 Å². The molecular formula is C20H20N2O3. The van der Waals surface area contributed by atoms with E-state index in [4.69, 9.17) is 0 Å². The van der Waals surface area contributed by atoms with Crippen molar-refractivity contribution in [1.82, 2.24) is 0 Å². The van der Waals surface area contributed by atoms with Gasteiger partial charge >= 0.3 is 0 Å². The van der Waals surface area contributed by atoms with E-state index < -0.39 is 0 Å². The summed E-state index contributed by atoms with van der Waals surface area (Å²) in [5.74, 6) is -0.342. The zero-order valence-corrected chi connectivity index (χ0v) is 14.3. The molecule has 25 heavy (non-hydrogen) atoms. The predicted molar refractivity (Wildman–Crippen MR) is 96.9 cm³/mol. The molecule has 0 saturated carbocycles. The number of nitrogens with one attached hydrogen (secondary N) is 2. The lowest BCUT2D eigenvalue weighted by molar-refractivity contribution is -0.116. The van der Waals surface area contributed by atoms with Crippen molar-refractivity contribution in [3.8, 4) is 0 Å². The third-order valence-electron chi connectivity index (χ3n) is 4.51. The summed E-state index contributed by atoms with van der Waals surface area (Å²) in [7, 11) is 0. The van der Waals surface area contributed by atoms with Crippen molar-refractivity contribution >= 4 is 29.0 Å². The summed E-state index contributed by atoms with van der Waals surface area (Å²) in [5.41, 5.74) is 5.03. The van der Waals surface area contributed by atoms with E-state index in [1.54, 1.807) is 18.2 Å². The second kappa shape index (κ2) is 6.89.